The van der Waals surface area contributed by atoms with Crippen LogP contribution in [0.5, 0.6) is 0 Å². The number of nitrogens with one attached hydrogen (secondary N) is 1. The van der Waals surface area contributed by atoms with Crippen molar-refractivity contribution in [1.82, 2.24) is 4.72 Å². The van der Waals surface area contributed by atoms with Crippen molar-refractivity contribution in [3.05, 3.63) is 28.2 Å². The van der Waals surface area contributed by atoms with Crippen molar-refractivity contribution >= 4 is 31.9 Å². The second-order valence-electron chi connectivity index (χ2n) is 4.31. The van der Waals surface area contributed by atoms with Crippen LogP contribution in [0.15, 0.2) is 27.6 Å². The molecule has 118 valence electrons. The molecule has 0 unspecified atom stereocenters. The van der Waals surface area contributed by atoms with Gasteiger partial charge in [-0.05, 0) is 34.1 Å². The Hall–Kier alpha value is -1.04. The van der Waals surface area contributed by atoms with Gasteiger partial charge in [-0.1, -0.05) is 0 Å². The monoisotopic (exact) mass is 383 g/mol. The topological polar surface area (TPSA) is 144 Å². The summed E-state index contributed by atoms with van der Waals surface area (Å²) < 4.78 is 26.4. The van der Waals surface area contributed by atoms with Crippen molar-refractivity contribution in [3.63, 3.8) is 0 Å². The van der Waals surface area contributed by atoms with E-state index in [1.165, 1.54) is 0 Å². The molecule has 8 nitrogen and oxygen atoms in total. The lowest BCUT2D eigenvalue weighted by atomic mass is 10.1. The molecule has 0 spiro atoms. The molecule has 0 fully saturated rings. The predicted molar refractivity (Wildman–Crippen MR) is 75.4 cm³/mol. The lowest BCUT2D eigenvalue weighted by Gasteiger charge is -2.28. The largest absolute Gasteiger partial charge is 0.478 e. The molecule has 21 heavy (non-hydrogen) atoms. The molecule has 0 aliphatic heterocycles. The van der Waals surface area contributed by atoms with Crippen molar-refractivity contribution in [2.75, 3.05) is 19.8 Å². The van der Waals surface area contributed by atoms with Crippen LogP contribution >= 0.6 is 15.9 Å². The average Bonchev–Trinajstić information content (AvgIpc) is 2.44. The first kappa shape index (κ1) is 18.0. The Bertz CT molecular complexity index is 619. The van der Waals surface area contributed by atoms with Crippen LogP contribution in [0.3, 0.4) is 0 Å². The van der Waals surface area contributed by atoms with Gasteiger partial charge in [-0.15, -0.1) is 0 Å². The number of carboxylic acid groups (broad SMARTS) is 1. The van der Waals surface area contributed by atoms with Crippen LogP contribution in [0.1, 0.15) is 10.4 Å². The molecule has 0 amide bonds. The summed E-state index contributed by atoms with van der Waals surface area (Å²) in [4.78, 5) is 10.5. The van der Waals surface area contributed by atoms with Crippen molar-refractivity contribution in [2.24, 2.45) is 0 Å². The number of sulfonamides is 1. The minimum Gasteiger partial charge on any atom is -0.478 e. The number of rotatable bonds is 7. The highest BCUT2D eigenvalue weighted by atomic mass is 79.9. The van der Waals surface area contributed by atoms with Crippen molar-refractivity contribution in [3.8, 4) is 0 Å². The van der Waals surface area contributed by atoms with E-state index in [-0.39, 0.29) is 14.9 Å². The first-order valence-corrected chi connectivity index (χ1v) is 7.88. The molecule has 0 aliphatic carbocycles. The van der Waals surface area contributed by atoms with Gasteiger partial charge in [0, 0.05) is 4.47 Å². The summed E-state index contributed by atoms with van der Waals surface area (Å²) in [7, 11) is -4.20. The number of benzene rings is 1. The third-order valence-corrected chi connectivity index (χ3v) is 5.28. The first-order chi connectivity index (χ1) is 9.71. The molecule has 10 heteroatoms. The standard InChI is InChI=1S/C11H14BrNO7S/c12-8-3-7(10(17)18)1-2-9(8)21(19,20)13-11(4-14,5-15)6-16/h1-3,13-16H,4-6H2,(H,17,18). The summed E-state index contributed by atoms with van der Waals surface area (Å²) in [6.07, 6.45) is 0. The zero-order chi connectivity index (χ0) is 16.3. The number of hydrogen-bond donors (Lipinski definition) is 5. The van der Waals surface area contributed by atoms with Gasteiger partial charge in [-0.3, -0.25) is 0 Å². The van der Waals surface area contributed by atoms with E-state index in [1.807, 2.05) is 4.72 Å². The van der Waals surface area contributed by atoms with E-state index in [1.54, 1.807) is 0 Å². The van der Waals surface area contributed by atoms with Crippen molar-refractivity contribution in [1.29, 1.82) is 0 Å². The lowest BCUT2D eigenvalue weighted by molar-refractivity contribution is 0.0581. The van der Waals surface area contributed by atoms with Crippen molar-refractivity contribution in [2.45, 2.75) is 10.4 Å². The van der Waals surface area contributed by atoms with Gasteiger partial charge in [0.1, 0.15) is 5.54 Å². The van der Waals surface area contributed by atoms with Crippen LogP contribution in [0, 0.1) is 0 Å². The van der Waals surface area contributed by atoms with Crippen LogP contribution in [0.4, 0.5) is 0 Å². The minimum absolute atomic E-state index is 0.00220. The summed E-state index contributed by atoms with van der Waals surface area (Å²) in [6.45, 7) is -2.45. The number of hydrogen-bond acceptors (Lipinski definition) is 6. The van der Waals surface area contributed by atoms with Gasteiger partial charge in [0.15, 0.2) is 0 Å². The molecule has 0 saturated heterocycles. The average molecular weight is 384 g/mol. The summed E-state index contributed by atoms with van der Waals surface area (Å²) in [6, 6.07) is 3.27. The molecule has 0 saturated carbocycles. The van der Waals surface area contributed by atoms with Gasteiger partial charge in [0.25, 0.3) is 0 Å². The third kappa shape index (κ3) is 3.99. The minimum atomic E-state index is -4.20. The summed E-state index contributed by atoms with van der Waals surface area (Å²) in [5.74, 6) is -1.22. The van der Waals surface area contributed by atoms with E-state index in [9.17, 15) is 13.2 Å². The molecule has 5 N–H and O–H groups in total. The second-order valence-corrected chi connectivity index (χ2v) is 6.82. The Morgan fingerprint density at radius 2 is 1.71 bits per heavy atom. The van der Waals surface area contributed by atoms with E-state index in [0.29, 0.717) is 0 Å². The lowest BCUT2D eigenvalue weighted by Crippen LogP contribution is -2.56. The van der Waals surface area contributed by atoms with Crippen LogP contribution in [-0.4, -0.2) is 60.2 Å². The molecule has 0 aliphatic rings. The fourth-order valence-corrected chi connectivity index (χ4v) is 3.89. The van der Waals surface area contributed by atoms with E-state index in [4.69, 9.17) is 20.4 Å². The smallest absolute Gasteiger partial charge is 0.335 e. The number of aliphatic hydroxyl groups is 3. The van der Waals surface area contributed by atoms with E-state index in [0.717, 1.165) is 18.2 Å². The molecular formula is C11H14BrNO7S. The molecule has 1 aromatic rings. The summed E-state index contributed by atoms with van der Waals surface area (Å²) >= 11 is 2.95. The van der Waals surface area contributed by atoms with Gasteiger partial charge in [-0.25, -0.2) is 13.2 Å². The molecule has 0 radical (unpaired) electrons. The molecule has 1 aromatic carbocycles. The van der Waals surface area contributed by atoms with Crippen LogP contribution in [-0.2, 0) is 10.0 Å². The number of aromatic carboxylic acids is 1. The van der Waals surface area contributed by atoms with Gasteiger partial charge in [0.2, 0.25) is 10.0 Å². The fourth-order valence-electron chi connectivity index (χ4n) is 1.44. The zero-order valence-corrected chi connectivity index (χ0v) is 13.1. The highest BCUT2D eigenvalue weighted by Gasteiger charge is 2.34. The zero-order valence-electron chi connectivity index (χ0n) is 10.7. The second kappa shape index (κ2) is 6.81. The maximum absolute atomic E-state index is 12.2. The Labute approximate surface area is 129 Å². The number of aliphatic hydroxyl groups excluding tert-OH is 3. The first-order valence-electron chi connectivity index (χ1n) is 5.61. The predicted octanol–water partition coefficient (Wildman–Crippen LogP) is -0.859. The molecule has 0 aromatic heterocycles. The Morgan fingerprint density at radius 3 is 2.10 bits per heavy atom. The van der Waals surface area contributed by atoms with Gasteiger partial charge in [0.05, 0.1) is 30.3 Å². The SMILES string of the molecule is O=C(O)c1ccc(S(=O)(=O)NC(CO)(CO)CO)c(Br)c1. The quantitative estimate of drug-likeness (QED) is 0.412. The third-order valence-electron chi connectivity index (χ3n) is 2.73. The molecule has 0 bridgehead atoms. The number of carbonyl (C=O) groups is 1. The van der Waals surface area contributed by atoms with Crippen LogP contribution in [0.25, 0.3) is 0 Å². The normalized spacial score (nSPS) is 12.4. The Morgan fingerprint density at radius 1 is 1.19 bits per heavy atom. The molecule has 1 rings (SSSR count). The fraction of sp³-hybridized carbons (Fsp3) is 0.364. The highest BCUT2D eigenvalue weighted by Crippen LogP contribution is 2.24. The number of carboxylic acids is 1. The van der Waals surface area contributed by atoms with Gasteiger partial charge < -0.3 is 20.4 Å². The van der Waals surface area contributed by atoms with Crippen LogP contribution in [0.2, 0.25) is 0 Å². The Kier molecular flexibility index (Phi) is 5.84. The van der Waals surface area contributed by atoms with E-state index < -0.39 is 41.4 Å². The van der Waals surface area contributed by atoms with Gasteiger partial charge >= 0.3 is 5.97 Å². The van der Waals surface area contributed by atoms with E-state index >= 15 is 0 Å². The van der Waals surface area contributed by atoms with Gasteiger partial charge in [-0.2, -0.15) is 4.72 Å². The summed E-state index contributed by atoms with van der Waals surface area (Å²) in [5.41, 5.74) is -1.93. The maximum Gasteiger partial charge on any atom is 0.335 e. The molecule has 0 heterocycles. The summed E-state index contributed by atoms with van der Waals surface area (Å²) in [5, 5.41) is 36.2. The molecular weight excluding hydrogens is 370 g/mol. The van der Waals surface area contributed by atoms with Crippen molar-refractivity contribution < 1.29 is 33.6 Å². The van der Waals surface area contributed by atoms with E-state index in [2.05, 4.69) is 15.9 Å². The van der Waals surface area contributed by atoms with Crippen LogP contribution < -0.4 is 4.72 Å². The maximum atomic E-state index is 12.2. The number of halogens is 1. The Balaban J connectivity index is 3.23. The molecule has 0 atom stereocenters. The highest BCUT2D eigenvalue weighted by molar-refractivity contribution is 9.10.